The Balaban J connectivity index is 0.00000529. The van der Waals surface area contributed by atoms with E-state index in [9.17, 15) is 18.0 Å². The molecule has 0 saturated heterocycles. The highest BCUT2D eigenvalue weighted by molar-refractivity contribution is 14.0. The molecule has 10 heteroatoms. The Morgan fingerprint density at radius 3 is 2.62 bits per heavy atom. The molecule has 0 fully saturated rings. The lowest BCUT2D eigenvalue weighted by atomic mass is 10.2. The number of benzene rings is 1. The van der Waals surface area contributed by atoms with Crippen LogP contribution in [0, 0.1) is 0 Å². The second-order valence-corrected chi connectivity index (χ2v) is 4.62. The molecule has 0 bridgehead atoms. The van der Waals surface area contributed by atoms with Crippen LogP contribution in [-0.4, -0.2) is 38.2 Å². The summed E-state index contributed by atoms with van der Waals surface area (Å²) in [5, 5.41) is 5.47. The number of primary amides is 1. The van der Waals surface area contributed by atoms with Gasteiger partial charge in [0.05, 0.1) is 6.42 Å². The second-order valence-electron chi connectivity index (χ2n) is 4.62. The maximum Gasteiger partial charge on any atom is 0.390 e. The third-order valence-corrected chi connectivity index (χ3v) is 2.66. The van der Waals surface area contributed by atoms with Crippen LogP contribution < -0.4 is 21.1 Å². The topological polar surface area (TPSA) is 88.7 Å². The van der Waals surface area contributed by atoms with Gasteiger partial charge in [-0.1, -0.05) is 12.1 Å². The summed E-state index contributed by atoms with van der Waals surface area (Å²) in [4.78, 5) is 14.5. The lowest BCUT2D eigenvalue weighted by Gasteiger charge is -2.13. The van der Waals surface area contributed by atoms with Crippen molar-refractivity contribution < 1.29 is 22.7 Å². The van der Waals surface area contributed by atoms with E-state index in [1.165, 1.54) is 7.05 Å². The monoisotopic (exact) mass is 460 g/mol. The van der Waals surface area contributed by atoms with Gasteiger partial charge in [-0.25, -0.2) is 0 Å². The van der Waals surface area contributed by atoms with E-state index < -0.39 is 18.5 Å². The molecular formula is C14H20F3IN4O2. The number of guanidine groups is 1. The van der Waals surface area contributed by atoms with Gasteiger partial charge in [-0.15, -0.1) is 24.0 Å². The molecule has 0 atom stereocenters. The molecule has 0 aliphatic rings. The summed E-state index contributed by atoms with van der Waals surface area (Å²) in [5.74, 6) is 0.156. The first-order valence-electron chi connectivity index (χ1n) is 6.81. The van der Waals surface area contributed by atoms with Crippen LogP contribution in [0.15, 0.2) is 29.3 Å². The number of carbonyl (C=O) groups is 1. The van der Waals surface area contributed by atoms with Crippen molar-refractivity contribution in [2.24, 2.45) is 10.7 Å². The number of nitrogens with one attached hydrogen (secondary N) is 2. The molecule has 1 rings (SSSR count). The van der Waals surface area contributed by atoms with Crippen molar-refractivity contribution in [1.29, 1.82) is 0 Å². The number of ether oxygens (including phenoxy) is 1. The zero-order valence-corrected chi connectivity index (χ0v) is 15.4. The quantitative estimate of drug-likeness (QED) is 0.329. The van der Waals surface area contributed by atoms with Gasteiger partial charge in [0, 0.05) is 20.1 Å². The smallest absolute Gasteiger partial charge is 0.390 e. The average molecular weight is 460 g/mol. The Kier molecular flexibility index (Phi) is 10.2. The van der Waals surface area contributed by atoms with Crippen LogP contribution in [0.2, 0.25) is 0 Å². The first-order chi connectivity index (χ1) is 10.8. The minimum atomic E-state index is -4.21. The molecule has 0 aromatic heterocycles. The van der Waals surface area contributed by atoms with Crippen LogP contribution in [-0.2, 0) is 11.3 Å². The predicted molar refractivity (Wildman–Crippen MR) is 95.4 cm³/mol. The average Bonchev–Trinajstić information content (AvgIpc) is 2.48. The fourth-order valence-corrected chi connectivity index (χ4v) is 1.63. The van der Waals surface area contributed by atoms with E-state index in [0.29, 0.717) is 12.3 Å². The molecule has 6 nitrogen and oxygen atoms in total. The first kappa shape index (κ1) is 22.3. The molecule has 0 aliphatic heterocycles. The van der Waals surface area contributed by atoms with Crippen molar-refractivity contribution in [3.05, 3.63) is 29.8 Å². The number of alkyl halides is 3. The second kappa shape index (κ2) is 10.9. The van der Waals surface area contributed by atoms with E-state index in [2.05, 4.69) is 15.6 Å². The molecule has 1 aromatic carbocycles. The highest BCUT2D eigenvalue weighted by atomic mass is 127. The van der Waals surface area contributed by atoms with Gasteiger partial charge in [0.2, 0.25) is 0 Å². The summed E-state index contributed by atoms with van der Waals surface area (Å²) in [6.45, 7) is -0.151. The lowest BCUT2D eigenvalue weighted by Crippen LogP contribution is -2.38. The maximum absolute atomic E-state index is 12.1. The third-order valence-electron chi connectivity index (χ3n) is 2.66. The van der Waals surface area contributed by atoms with Crippen molar-refractivity contribution in [2.45, 2.75) is 19.1 Å². The summed E-state index contributed by atoms with van der Waals surface area (Å²) in [6.07, 6.45) is -5.15. The molecule has 0 spiro atoms. The van der Waals surface area contributed by atoms with Crippen LogP contribution in [0.4, 0.5) is 13.2 Å². The Morgan fingerprint density at radius 1 is 1.33 bits per heavy atom. The number of aliphatic imine (C=N–C) groups is 1. The fourth-order valence-electron chi connectivity index (χ4n) is 1.63. The summed E-state index contributed by atoms with van der Waals surface area (Å²) < 4.78 is 41.4. The molecule has 0 saturated carbocycles. The largest absolute Gasteiger partial charge is 0.484 e. The molecule has 0 aliphatic carbocycles. The molecule has 0 radical (unpaired) electrons. The Labute approximate surface area is 155 Å². The Hall–Kier alpha value is -1.72. The van der Waals surface area contributed by atoms with E-state index in [4.69, 9.17) is 10.5 Å². The van der Waals surface area contributed by atoms with E-state index in [1.54, 1.807) is 24.3 Å². The highest BCUT2D eigenvalue weighted by Crippen LogP contribution is 2.18. The van der Waals surface area contributed by atoms with Crippen molar-refractivity contribution in [3.63, 3.8) is 0 Å². The Bertz CT molecular complexity index is 553. The van der Waals surface area contributed by atoms with Crippen LogP contribution in [0.1, 0.15) is 12.0 Å². The van der Waals surface area contributed by atoms with E-state index in [0.717, 1.165) is 5.56 Å². The molecule has 4 N–H and O–H groups in total. The highest BCUT2D eigenvalue weighted by Gasteiger charge is 2.26. The summed E-state index contributed by atoms with van der Waals surface area (Å²) in [6, 6.07) is 6.89. The lowest BCUT2D eigenvalue weighted by molar-refractivity contribution is -0.132. The molecule has 1 amide bonds. The number of hydrogen-bond donors (Lipinski definition) is 3. The number of amides is 1. The van der Waals surface area contributed by atoms with Crippen LogP contribution in [0.5, 0.6) is 5.75 Å². The van der Waals surface area contributed by atoms with Gasteiger partial charge in [-0.05, 0) is 17.7 Å². The number of carbonyl (C=O) groups excluding carboxylic acids is 1. The fraction of sp³-hybridized carbons (Fsp3) is 0.429. The summed E-state index contributed by atoms with van der Waals surface area (Å²) >= 11 is 0. The van der Waals surface area contributed by atoms with Gasteiger partial charge in [-0.2, -0.15) is 13.2 Å². The van der Waals surface area contributed by atoms with Gasteiger partial charge < -0.3 is 21.1 Å². The minimum absolute atomic E-state index is 0. The standard InChI is InChI=1S/C14H19F3N4O2.HI/c1-19-13(20-6-5-14(15,16)17)21-8-10-3-2-4-11(7-10)23-9-12(18)22;/h2-4,7H,5-6,8-9H2,1H3,(H2,18,22)(H2,19,20,21);1H. The molecule has 0 heterocycles. The number of nitrogens with two attached hydrogens (primary N) is 1. The number of nitrogens with zero attached hydrogens (tertiary/aromatic N) is 1. The van der Waals surface area contributed by atoms with Crippen molar-refractivity contribution in [1.82, 2.24) is 10.6 Å². The number of hydrogen-bond acceptors (Lipinski definition) is 3. The van der Waals surface area contributed by atoms with Gasteiger partial charge in [0.15, 0.2) is 12.6 Å². The number of rotatable bonds is 7. The SMILES string of the molecule is CN=C(NCCC(F)(F)F)NCc1cccc(OCC(N)=O)c1.I. The summed E-state index contributed by atoms with van der Waals surface area (Å²) in [5.41, 5.74) is 5.80. The van der Waals surface area contributed by atoms with Gasteiger partial charge in [-0.3, -0.25) is 9.79 Å². The Morgan fingerprint density at radius 2 is 2.04 bits per heavy atom. The maximum atomic E-state index is 12.1. The number of halogens is 4. The van der Waals surface area contributed by atoms with Crippen LogP contribution in [0.3, 0.4) is 0 Å². The third kappa shape index (κ3) is 10.1. The van der Waals surface area contributed by atoms with Crippen molar-refractivity contribution in [2.75, 3.05) is 20.2 Å². The van der Waals surface area contributed by atoms with E-state index >= 15 is 0 Å². The molecule has 24 heavy (non-hydrogen) atoms. The molecule has 0 unspecified atom stereocenters. The van der Waals surface area contributed by atoms with E-state index in [1.807, 2.05) is 0 Å². The molecule has 1 aromatic rings. The zero-order chi connectivity index (χ0) is 17.3. The minimum Gasteiger partial charge on any atom is -0.484 e. The van der Waals surface area contributed by atoms with Gasteiger partial charge in [0.1, 0.15) is 5.75 Å². The molecule has 136 valence electrons. The van der Waals surface area contributed by atoms with Crippen molar-refractivity contribution >= 4 is 35.8 Å². The van der Waals surface area contributed by atoms with Gasteiger partial charge >= 0.3 is 6.18 Å². The van der Waals surface area contributed by atoms with Gasteiger partial charge in [0.25, 0.3) is 5.91 Å². The molecular weight excluding hydrogens is 440 g/mol. The van der Waals surface area contributed by atoms with Crippen LogP contribution in [0.25, 0.3) is 0 Å². The normalized spacial score (nSPS) is 11.4. The summed E-state index contributed by atoms with van der Waals surface area (Å²) in [7, 11) is 1.47. The predicted octanol–water partition coefficient (Wildman–Crippen LogP) is 1.79. The van der Waals surface area contributed by atoms with Crippen LogP contribution >= 0.6 is 24.0 Å². The van der Waals surface area contributed by atoms with E-state index in [-0.39, 0.29) is 43.1 Å². The first-order valence-corrected chi connectivity index (χ1v) is 6.81. The van der Waals surface area contributed by atoms with Crippen molar-refractivity contribution in [3.8, 4) is 5.75 Å². The zero-order valence-electron chi connectivity index (χ0n) is 13.0.